The van der Waals surface area contributed by atoms with Gasteiger partial charge < -0.3 is 19.6 Å². The van der Waals surface area contributed by atoms with E-state index in [4.69, 9.17) is 4.42 Å². The van der Waals surface area contributed by atoms with Crippen LogP contribution in [0.1, 0.15) is 29.0 Å². The topological polar surface area (TPSA) is 95.4 Å². The maximum atomic E-state index is 12.8. The minimum atomic E-state index is -4.67. The summed E-state index contributed by atoms with van der Waals surface area (Å²) in [5.41, 5.74) is -2.49. The van der Waals surface area contributed by atoms with Crippen LogP contribution in [0.2, 0.25) is 0 Å². The van der Waals surface area contributed by atoms with E-state index in [0.29, 0.717) is 31.6 Å². The monoisotopic (exact) mass is 369 g/mol. The van der Waals surface area contributed by atoms with E-state index in [2.05, 4.69) is 5.32 Å². The molecule has 3 rings (SSSR count). The van der Waals surface area contributed by atoms with E-state index >= 15 is 0 Å². The van der Waals surface area contributed by atoms with Crippen molar-refractivity contribution < 1.29 is 27.2 Å². The first-order valence-electron chi connectivity index (χ1n) is 7.72. The fraction of sp³-hybridized carbons (Fsp3) is 0.312. The molecule has 1 fully saturated rings. The van der Waals surface area contributed by atoms with Gasteiger partial charge in [-0.05, 0) is 31.0 Å². The number of carbonyl (C=O) groups is 2. The van der Waals surface area contributed by atoms with Crippen molar-refractivity contribution in [3.63, 3.8) is 0 Å². The third kappa shape index (κ3) is 3.48. The molecule has 0 aromatic carbocycles. The molecule has 2 aromatic rings. The first-order valence-corrected chi connectivity index (χ1v) is 7.72. The smallest absolute Gasteiger partial charge is 0.417 e. The molecule has 2 N–H and O–H groups in total. The fourth-order valence-electron chi connectivity index (χ4n) is 2.78. The zero-order valence-electron chi connectivity index (χ0n) is 13.3. The lowest BCUT2D eigenvalue weighted by Crippen LogP contribution is -2.43. The van der Waals surface area contributed by atoms with Gasteiger partial charge in [0, 0.05) is 12.7 Å². The van der Waals surface area contributed by atoms with Crippen molar-refractivity contribution >= 4 is 17.5 Å². The van der Waals surface area contributed by atoms with E-state index in [1.807, 2.05) is 4.98 Å². The summed E-state index contributed by atoms with van der Waals surface area (Å²) >= 11 is 0. The van der Waals surface area contributed by atoms with E-state index in [0.717, 1.165) is 0 Å². The number of hydrogen-bond acceptors (Lipinski definition) is 4. The van der Waals surface area contributed by atoms with Gasteiger partial charge >= 0.3 is 6.18 Å². The van der Waals surface area contributed by atoms with Gasteiger partial charge in [-0.3, -0.25) is 14.4 Å². The maximum absolute atomic E-state index is 12.8. The first kappa shape index (κ1) is 17.8. The number of halogens is 3. The van der Waals surface area contributed by atoms with E-state index < -0.39 is 40.8 Å². The van der Waals surface area contributed by atoms with Crippen LogP contribution >= 0.6 is 0 Å². The van der Waals surface area contributed by atoms with Crippen LogP contribution in [0.3, 0.4) is 0 Å². The Labute approximate surface area is 144 Å². The lowest BCUT2D eigenvalue weighted by atomic mass is 10.2. The average molecular weight is 369 g/mol. The Kier molecular flexibility index (Phi) is 4.58. The molecule has 0 aliphatic carbocycles. The Morgan fingerprint density at radius 3 is 2.77 bits per heavy atom. The lowest BCUT2D eigenvalue weighted by Gasteiger charge is -2.23. The van der Waals surface area contributed by atoms with Gasteiger partial charge in [0.15, 0.2) is 5.76 Å². The van der Waals surface area contributed by atoms with Crippen molar-refractivity contribution in [2.75, 3.05) is 11.9 Å². The highest BCUT2D eigenvalue weighted by Crippen LogP contribution is 2.29. The predicted molar refractivity (Wildman–Crippen MR) is 83.5 cm³/mol. The number of rotatable bonds is 3. The quantitative estimate of drug-likeness (QED) is 0.867. The largest absolute Gasteiger partial charge is 0.459 e. The summed E-state index contributed by atoms with van der Waals surface area (Å²) in [6, 6.07) is 2.64. The predicted octanol–water partition coefficient (Wildman–Crippen LogP) is 2.23. The summed E-state index contributed by atoms with van der Waals surface area (Å²) in [7, 11) is 0. The third-order valence-corrected chi connectivity index (χ3v) is 4.04. The average Bonchev–Trinajstić information content (AvgIpc) is 3.26. The van der Waals surface area contributed by atoms with Crippen molar-refractivity contribution in [3.8, 4) is 0 Å². The number of likely N-dealkylation sites (tertiary alicyclic amines) is 1. The highest BCUT2D eigenvalue weighted by atomic mass is 19.4. The van der Waals surface area contributed by atoms with Crippen LogP contribution in [-0.4, -0.2) is 34.3 Å². The van der Waals surface area contributed by atoms with Gasteiger partial charge in [-0.25, -0.2) is 0 Å². The van der Waals surface area contributed by atoms with Crippen LogP contribution < -0.4 is 10.9 Å². The number of H-pyrrole nitrogens is 1. The van der Waals surface area contributed by atoms with E-state index in [1.54, 1.807) is 0 Å². The molecule has 0 unspecified atom stereocenters. The summed E-state index contributed by atoms with van der Waals surface area (Å²) in [5, 5.41) is 2.19. The minimum Gasteiger partial charge on any atom is -0.459 e. The molecule has 10 heteroatoms. The second-order valence-corrected chi connectivity index (χ2v) is 5.75. The van der Waals surface area contributed by atoms with Crippen molar-refractivity contribution in [2.24, 2.45) is 0 Å². The molecule has 0 spiro atoms. The molecule has 26 heavy (non-hydrogen) atoms. The first-order chi connectivity index (χ1) is 12.3. The van der Waals surface area contributed by atoms with Crippen molar-refractivity contribution in [2.45, 2.75) is 25.1 Å². The number of aromatic nitrogens is 1. The fourth-order valence-corrected chi connectivity index (χ4v) is 2.78. The standard InChI is InChI=1S/C16H14F3N3O4/c17-16(18,19)9-7-10(13(23)20-8-9)21-14(24)11-3-1-5-22(11)15(25)12-4-2-6-26-12/h2,4,6-8,11H,1,3,5H2,(H,20,23)(H,21,24)/t11-/m0/s1. The molecule has 0 radical (unpaired) electrons. The molecule has 3 heterocycles. The Morgan fingerprint density at radius 2 is 2.12 bits per heavy atom. The number of nitrogens with zero attached hydrogens (tertiary/aromatic N) is 1. The van der Waals surface area contributed by atoms with Gasteiger partial charge in [0.05, 0.1) is 11.8 Å². The summed E-state index contributed by atoms with van der Waals surface area (Å²) < 4.78 is 43.3. The molecule has 2 amide bonds. The summed E-state index contributed by atoms with van der Waals surface area (Å²) in [6.45, 7) is 0.302. The number of carbonyl (C=O) groups excluding carboxylic acids is 2. The highest BCUT2D eigenvalue weighted by Gasteiger charge is 2.36. The molecule has 7 nitrogen and oxygen atoms in total. The number of aromatic amines is 1. The molecule has 1 aliphatic rings. The Morgan fingerprint density at radius 1 is 1.35 bits per heavy atom. The van der Waals surface area contributed by atoms with Gasteiger partial charge in [0.2, 0.25) is 5.91 Å². The van der Waals surface area contributed by atoms with Gasteiger partial charge in [-0.2, -0.15) is 13.2 Å². The number of nitrogens with one attached hydrogen (secondary N) is 2. The van der Waals surface area contributed by atoms with Gasteiger partial charge in [-0.1, -0.05) is 0 Å². The van der Waals surface area contributed by atoms with Crippen LogP contribution in [-0.2, 0) is 11.0 Å². The Hall–Kier alpha value is -3.04. The van der Waals surface area contributed by atoms with Crippen LogP contribution in [0.25, 0.3) is 0 Å². The maximum Gasteiger partial charge on any atom is 0.417 e. The van der Waals surface area contributed by atoms with Gasteiger partial charge in [0.1, 0.15) is 11.7 Å². The van der Waals surface area contributed by atoms with E-state index in [1.165, 1.54) is 23.3 Å². The minimum absolute atomic E-state index is 0.0571. The van der Waals surface area contributed by atoms with Crippen molar-refractivity contribution in [3.05, 3.63) is 52.3 Å². The molecule has 0 bridgehead atoms. The number of amides is 2. The van der Waals surface area contributed by atoms with Crippen LogP contribution in [0.4, 0.5) is 18.9 Å². The van der Waals surface area contributed by atoms with E-state index in [-0.39, 0.29) is 5.76 Å². The molecule has 2 aromatic heterocycles. The molecule has 1 aliphatic heterocycles. The normalized spacial score (nSPS) is 17.3. The number of pyridine rings is 1. The zero-order valence-corrected chi connectivity index (χ0v) is 13.3. The second kappa shape index (κ2) is 6.70. The molecular weight excluding hydrogens is 355 g/mol. The lowest BCUT2D eigenvalue weighted by molar-refractivity contribution is -0.137. The number of hydrogen-bond donors (Lipinski definition) is 2. The molecular formula is C16H14F3N3O4. The summed E-state index contributed by atoms with van der Waals surface area (Å²) in [5.74, 6) is -1.17. The van der Waals surface area contributed by atoms with Gasteiger partial charge in [-0.15, -0.1) is 0 Å². The second-order valence-electron chi connectivity index (χ2n) is 5.75. The zero-order chi connectivity index (χ0) is 18.9. The third-order valence-electron chi connectivity index (χ3n) is 4.04. The van der Waals surface area contributed by atoms with Gasteiger partial charge in [0.25, 0.3) is 11.5 Å². The molecule has 0 saturated carbocycles. The highest BCUT2D eigenvalue weighted by molar-refractivity contribution is 6.00. The van der Waals surface area contributed by atoms with E-state index in [9.17, 15) is 27.6 Å². The molecule has 1 saturated heterocycles. The van der Waals surface area contributed by atoms with Crippen LogP contribution in [0.15, 0.2) is 39.9 Å². The van der Waals surface area contributed by atoms with Crippen LogP contribution in [0.5, 0.6) is 0 Å². The Balaban J connectivity index is 1.79. The number of furan rings is 1. The molecule has 138 valence electrons. The summed E-state index contributed by atoms with van der Waals surface area (Å²) in [6.07, 6.45) is -1.95. The number of alkyl halides is 3. The Bertz CT molecular complexity index is 874. The molecule has 1 atom stereocenters. The number of anilines is 1. The summed E-state index contributed by atoms with van der Waals surface area (Å²) in [4.78, 5) is 39.7. The SMILES string of the molecule is O=C(Nc1cc(C(F)(F)F)c[nH]c1=O)[C@@H]1CCCN1C(=O)c1ccco1. The van der Waals surface area contributed by atoms with Crippen LogP contribution in [0, 0.1) is 0 Å². The van der Waals surface area contributed by atoms with Crippen molar-refractivity contribution in [1.82, 2.24) is 9.88 Å². The van der Waals surface area contributed by atoms with Crippen molar-refractivity contribution in [1.29, 1.82) is 0 Å².